The third kappa shape index (κ3) is 3.47. The van der Waals surface area contributed by atoms with Gasteiger partial charge in [0.25, 0.3) is 10.1 Å². The number of carboxylic acid groups (broad SMARTS) is 1. The van der Waals surface area contributed by atoms with Crippen LogP contribution >= 0.6 is 0 Å². The Labute approximate surface area is 110 Å². The average Bonchev–Trinajstić information content (AvgIpc) is 2.02. The number of benzene rings is 1. The minimum atomic E-state index is -4.48. The number of hydrogen-bond donors (Lipinski definition) is 3. The molecule has 4 N–H and O–H groups in total. The van der Waals surface area contributed by atoms with Crippen LogP contribution in [0.15, 0.2) is 23.1 Å². The Bertz CT molecular complexity index is 490. The number of anilines is 1. The Morgan fingerprint density at radius 3 is 2.33 bits per heavy atom. The van der Waals surface area contributed by atoms with Crippen LogP contribution in [0.3, 0.4) is 0 Å². The monoisotopic (exact) mass is 241 g/mol. The Morgan fingerprint density at radius 2 is 1.93 bits per heavy atom. The van der Waals surface area contributed by atoms with E-state index < -0.39 is 21.0 Å². The number of rotatable bonds is 2. The summed E-state index contributed by atoms with van der Waals surface area (Å²) in [5.41, 5.74) is 4.79. The Morgan fingerprint density at radius 1 is 1.40 bits per heavy atom. The molecule has 0 saturated heterocycles. The van der Waals surface area contributed by atoms with Crippen LogP contribution in [0.5, 0.6) is 0 Å². The van der Waals surface area contributed by atoms with E-state index in [-0.39, 0.29) is 42.2 Å². The second kappa shape index (κ2) is 4.95. The molecule has 0 saturated carbocycles. The molecule has 0 aliphatic heterocycles. The zero-order chi connectivity index (χ0) is 10.9. The topological polar surface area (TPSA) is 118 Å². The minimum absolute atomic E-state index is 0. The molecule has 0 unspecified atom stereocenters. The van der Waals surface area contributed by atoms with Gasteiger partial charge >= 0.3 is 35.5 Å². The number of nitrogens with two attached hydrogens (primary N) is 1. The summed E-state index contributed by atoms with van der Waals surface area (Å²) in [6.45, 7) is 0. The maximum atomic E-state index is 10.7. The summed E-state index contributed by atoms with van der Waals surface area (Å²) in [6, 6.07) is 3.05. The van der Waals surface area contributed by atoms with Crippen LogP contribution in [0.25, 0.3) is 0 Å². The van der Waals surface area contributed by atoms with Crippen molar-refractivity contribution in [1.82, 2.24) is 0 Å². The van der Waals surface area contributed by atoms with E-state index >= 15 is 0 Å². The van der Waals surface area contributed by atoms with Crippen LogP contribution in [0.1, 0.15) is 11.8 Å². The molecule has 78 valence electrons. The first kappa shape index (κ1) is 14.4. The summed E-state index contributed by atoms with van der Waals surface area (Å²) in [5.74, 6) is -1.30. The molecule has 0 bridgehead atoms. The zero-order valence-corrected chi connectivity index (χ0v) is 10.7. The first-order valence-electron chi connectivity index (χ1n) is 3.42. The number of hydrogen-bond acceptors (Lipinski definition) is 4. The average molecular weight is 241 g/mol. The number of aromatic carboxylic acids is 1. The van der Waals surface area contributed by atoms with E-state index in [1.54, 1.807) is 0 Å². The zero-order valence-electron chi connectivity index (χ0n) is 8.84. The smallest absolute Gasteiger partial charge is 1.00 e. The van der Waals surface area contributed by atoms with E-state index in [9.17, 15) is 13.2 Å². The first-order valence-corrected chi connectivity index (χ1v) is 4.86. The van der Waals surface area contributed by atoms with Crippen LogP contribution in [0.4, 0.5) is 5.69 Å². The van der Waals surface area contributed by atoms with E-state index in [0.29, 0.717) is 0 Å². The fraction of sp³-hybridized carbons (Fsp3) is 0. The third-order valence-corrected chi connectivity index (χ3v) is 2.45. The Hall–Kier alpha value is -0.600. The molecule has 0 fully saturated rings. The van der Waals surface area contributed by atoms with E-state index in [4.69, 9.17) is 15.4 Å². The van der Waals surface area contributed by atoms with Gasteiger partial charge in [0, 0.05) is 0 Å². The molecule has 1 aromatic rings. The van der Waals surface area contributed by atoms with Crippen molar-refractivity contribution in [3.05, 3.63) is 23.8 Å². The maximum Gasteiger partial charge on any atom is 1.00 e. The molecule has 0 radical (unpaired) electrons. The van der Waals surface area contributed by atoms with Crippen molar-refractivity contribution in [2.24, 2.45) is 0 Å². The number of carbonyl (C=O) groups is 1. The molecule has 6 nitrogen and oxygen atoms in total. The molecule has 0 aromatic heterocycles. The summed E-state index contributed by atoms with van der Waals surface area (Å²) in [6.07, 6.45) is 0. The van der Waals surface area contributed by atoms with Gasteiger partial charge < -0.3 is 12.3 Å². The van der Waals surface area contributed by atoms with E-state index in [0.717, 1.165) is 18.2 Å². The van der Waals surface area contributed by atoms with Gasteiger partial charge in [-0.05, 0) is 18.2 Å². The van der Waals surface area contributed by atoms with Crippen LogP contribution < -0.4 is 35.3 Å². The van der Waals surface area contributed by atoms with Gasteiger partial charge in [-0.2, -0.15) is 8.42 Å². The molecule has 0 spiro atoms. The van der Waals surface area contributed by atoms with E-state index in [1.165, 1.54) is 0 Å². The molecule has 1 aromatic carbocycles. The first-order chi connectivity index (χ1) is 6.32. The number of carboxylic acids is 1. The molecule has 8 heteroatoms. The van der Waals surface area contributed by atoms with Crippen LogP contribution in [-0.4, -0.2) is 24.0 Å². The van der Waals surface area contributed by atoms with Gasteiger partial charge in [-0.3, -0.25) is 4.55 Å². The van der Waals surface area contributed by atoms with Crippen molar-refractivity contribution in [2.75, 3.05) is 5.73 Å². The Kier molecular flexibility index (Phi) is 4.75. The van der Waals surface area contributed by atoms with E-state index in [2.05, 4.69) is 0 Å². The Balaban J connectivity index is 0. The van der Waals surface area contributed by atoms with Crippen molar-refractivity contribution in [3.8, 4) is 0 Å². The summed E-state index contributed by atoms with van der Waals surface area (Å²) in [5, 5.41) is 8.55. The molecule has 0 amide bonds. The van der Waals surface area contributed by atoms with E-state index in [1.807, 2.05) is 0 Å². The molecular formula is C7H8NNaO5S. The molecule has 0 aliphatic carbocycles. The summed E-state index contributed by atoms with van der Waals surface area (Å²) in [7, 11) is -4.48. The van der Waals surface area contributed by atoms with Gasteiger partial charge in [0.15, 0.2) is 0 Å². The second-order valence-corrected chi connectivity index (χ2v) is 3.92. The summed E-state index contributed by atoms with van der Waals surface area (Å²) < 4.78 is 30.1. The second-order valence-electron chi connectivity index (χ2n) is 2.53. The van der Waals surface area contributed by atoms with Crippen molar-refractivity contribution < 1.29 is 53.9 Å². The minimum Gasteiger partial charge on any atom is -1.00 e. The van der Waals surface area contributed by atoms with Crippen molar-refractivity contribution >= 4 is 21.8 Å². The van der Waals surface area contributed by atoms with Crippen LogP contribution in [0, 0.1) is 0 Å². The maximum absolute atomic E-state index is 10.7. The van der Waals surface area contributed by atoms with Gasteiger partial charge in [-0.25, -0.2) is 4.79 Å². The van der Waals surface area contributed by atoms with Crippen molar-refractivity contribution in [2.45, 2.75) is 4.90 Å². The standard InChI is InChI=1S/C7H7NO5S.Na.H/c8-5-2-1-4(7(9)10)3-6(5)14(11,12)13;;/h1-3H,8H2,(H,9,10)(H,11,12,13);;/q;+1;-1. The summed E-state index contributed by atoms with van der Waals surface area (Å²) in [4.78, 5) is 9.87. The van der Waals surface area contributed by atoms with Crippen LogP contribution in [0.2, 0.25) is 0 Å². The molecule has 0 atom stereocenters. The van der Waals surface area contributed by atoms with Gasteiger partial charge in [0.1, 0.15) is 4.90 Å². The fourth-order valence-electron chi connectivity index (χ4n) is 0.891. The molecular weight excluding hydrogens is 233 g/mol. The third-order valence-electron chi connectivity index (χ3n) is 1.54. The molecule has 15 heavy (non-hydrogen) atoms. The van der Waals surface area contributed by atoms with Crippen molar-refractivity contribution in [1.29, 1.82) is 0 Å². The van der Waals surface area contributed by atoms with Crippen molar-refractivity contribution in [3.63, 3.8) is 0 Å². The van der Waals surface area contributed by atoms with Gasteiger partial charge in [-0.15, -0.1) is 0 Å². The molecule has 1 rings (SSSR count). The van der Waals surface area contributed by atoms with Gasteiger partial charge in [0.2, 0.25) is 0 Å². The number of nitrogen functional groups attached to an aromatic ring is 1. The quantitative estimate of drug-likeness (QED) is 0.295. The van der Waals surface area contributed by atoms with Gasteiger partial charge in [-0.1, -0.05) is 0 Å². The predicted octanol–water partition coefficient (Wildman–Crippen LogP) is -2.67. The normalized spacial score (nSPS) is 10.5. The predicted molar refractivity (Wildman–Crippen MR) is 48.7 cm³/mol. The molecule has 0 heterocycles. The molecule has 0 aliphatic rings. The summed E-state index contributed by atoms with van der Waals surface area (Å²) >= 11 is 0. The van der Waals surface area contributed by atoms with Gasteiger partial charge in [0.05, 0.1) is 11.3 Å². The van der Waals surface area contributed by atoms with Crippen LogP contribution in [-0.2, 0) is 10.1 Å². The fourth-order valence-corrected chi connectivity index (χ4v) is 1.53. The SMILES string of the molecule is Nc1ccc(C(=O)O)cc1S(=O)(=O)O.[H-].[Na+]. The largest absolute Gasteiger partial charge is 1.00 e.